The molecule has 94 valence electrons. The van der Waals surface area contributed by atoms with Crippen molar-refractivity contribution in [2.45, 2.75) is 0 Å². The van der Waals surface area contributed by atoms with E-state index in [9.17, 15) is 17.6 Å². The number of benzene rings is 2. The summed E-state index contributed by atoms with van der Waals surface area (Å²) in [4.78, 5) is 0. The molecular formula is C12H6ClF4P. The zero-order chi connectivity index (χ0) is 13.3. The fourth-order valence-electron chi connectivity index (χ4n) is 1.42. The van der Waals surface area contributed by atoms with E-state index >= 15 is 0 Å². The van der Waals surface area contributed by atoms with Gasteiger partial charge in [-0.05, 0) is 24.3 Å². The quantitative estimate of drug-likeness (QED) is 0.583. The van der Waals surface area contributed by atoms with E-state index in [1.54, 1.807) is 0 Å². The summed E-state index contributed by atoms with van der Waals surface area (Å²) in [6.07, 6.45) is 0. The largest absolute Gasteiger partial charge is 0.204 e. The highest BCUT2D eigenvalue weighted by atomic mass is 35.7. The third kappa shape index (κ3) is 2.36. The molecule has 0 aromatic heterocycles. The van der Waals surface area contributed by atoms with E-state index < -0.39 is 30.5 Å². The summed E-state index contributed by atoms with van der Waals surface area (Å²) in [5.41, 5.74) is 0. The Bertz CT molecular complexity index is 537. The first-order valence-corrected chi connectivity index (χ1v) is 7.11. The summed E-state index contributed by atoms with van der Waals surface area (Å²) < 4.78 is 53.1. The Hall–Kier alpha value is -1.12. The summed E-state index contributed by atoms with van der Waals surface area (Å²) in [7, 11) is -2.00. The van der Waals surface area contributed by atoms with Gasteiger partial charge >= 0.3 is 0 Å². The molecule has 0 aliphatic heterocycles. The smallest absolute Gasteiger partial charge is 0.167 e. The van der Waals surface area contributed by atoms with Crippen LogP contribution in [0.2, 0.25) is 0 Å². The maximum Gasteiger partial charge on any atom is 0.167 e. The average molecular weight is 293 g/mol. The van der Waals surface area contributed by atoms with E-state index in [1.807, 2.05) is 0 Å². The molecule has 0 aliphatic carbocycles. The first-order chi connectivity index (χ1) is 8.52. The van der Waals surface area contributed by atoms with Crippen LogP contribution in [-0.2, 0) is 0 Å². The summed E-state index contributed by atoms with van der Waals surface area (Å²) in [5.74, 6) is -4.42. The maximum absolute atomic E-state index is 13.5. The van der Waals surface area contributed by atoms with Crippen molar-refractivity contribution >= 4 is 29.1 Å². The van der Waals surface area contributed by atoms with Gasteiger partial charge in [0, 0.05) is 10.6 Å². The number of hydrogen-bond donors (Lipinski definition) is 0. The molecule has 2 aromatic carbocycles. The molecule has 2 rings (SSSR count). The second-order valence-electron chi connectivity index (χ2n) is 3.43. The molecule has 0 heterocycles. The van der Waals surface area contributed by atoms with Gasteiger partial charge in [-0.2, -0.15) is 0 Å². The van der Waals surface area contributed by atoms with Crippen molar-refractivity contribution in [3.8, 4) is 0 Å². The molecule has 0 bridgehead atoms. The van der Waals surface area contributed by atoms with Crippen molar-refractivity contribution in [1.29, 1.82) is 0 Å². The Morgan fingerprint density at radius 3 is 1.50 bits per heavy atom. The number of hydrogen-bond acceptors (Lipinski definition) is 0. The van der Waals surface area contributed by atoms with Crippen LogP contribution in [0.15, 0.2) is 36.4 Å². The topological polar surface area (TPSA) is 0 Å². The van der Waals surface area contributed by atoms with Crippen LogP contribution in [0.3, 0.4) is 0 Å². The highest BCUT2D eigenvalue weighted by Crippen LogP contribution is 2.41. The minimum absolute atomic E-state index is 0.170. The SMILES string of the molecule is Fc1cccc(P(Cl)c2cccc(F)c2F)c1F. The monoisotopic (exact) mass is 292 g/mol. The molecule has 18 heavy (non-hydrogen) atoms. The van der Waals surface area contributed by atoms with E-state index in [1.165, 1.54) is 24.3 Å². The minimum atomic E-state index is -2.00. The van der Waals surface area contributed by atoms with Gasteiger partial charge in [0.25, 0.3) is 0 Å². The molecule has 0 spiro atoms. The van der Waals surface area contributed by atoms with Gasteiger partial charge < -0.3 is 0 Å². The second kappa shape index (κ2) is 5.25. The highest BCUT2D eigenvalue weighted by molar-refractivity contribution is 7.95. The zero-order valence-corrected chi connectivity index (χ0v) is 10.5. The predicted octanol–water partition coefficient (Wildman–Crippen LogP) is 3.83. The molecule has 2 aromatic rings. The Kier molecular flexibility index (Phi) is 3.88. The third-order valence-corrected chi connectivity index (χ3v) is 4.91. The molecule has 0 saturated carbocycles. The summed E-state index contributed by atoms with van der Waals surface area (Å²) in [6, 6.07) is 6.90. The van der Waals surface area contributed by atoms with E-state index in [4.69, 9.17) is 11.2 Å². The first-order valence-electron chi connectivity index (χ1n) is 4.86. The Morgan fingerprint density at radius 2 is 1.11 bits per heavy atom. The van der Waals surface area contributed by atoms with Gasteiger partial charge in [0.1, 0.15) is 0 Å². The molecule has 0 saturated heterocycles. The molecule has 6 heteroatoms. The van der Waals surface area contributed by atoms with Crippen molar-refractivity contribution in [2.75, 3.05) is 0 Å². The molecule has 0 radical (unpaired) electrons. The maximum atomic E-state index is 13.5. The summed E-state index contributed by atoms with van der Waals surface area (Å²) in [6.45, 7) is 0. The summed E-state index contributed by atoms with van der Waals surface area (Å²) >= 11 is 5.94. The average Bonchev–Trinajstić information content (AvgIpc) is 2.35. The van der Waals surface area contributed by atoms with Gasteiger partial charge in [-0.15, -0.1) is 0 Å². The van der Waals surface area contributed by atoms with Crippen LogP contribution in [0.1, 0.15) is 0 Å². The molecule has 0 nitrogen and oxygen atoms in total. The van der Waals surface area contributed by atoms with Crippen molar-refractivity contribution in [1.82, 2.24) is 0 Å². The number of halogens is 5. The lowest BCUT2D eigenvalue weighted by Gasteiger charge is -2.12. The lowest BCUT2D eigenvalue weighted by molar-refractivity contribution is 0.513. The van der Waals surface area contributed by atoms with Gasteiger partial charge in [0.15, 0.2) is 23.3 Å². The molecule has 0 N–H and O–H groups in total. The van der Waals surface area contributed by atoms with Crippen molar-refractivity contribution in [3.05, 3.63) is 59.7 Å². The van der Waals surface area contributed by atoms with Crippen LogP contribution in [0.5, 0.6) is 0 Å². The van der Waals surface area contributed by atoms with Crippen LogP contribution >= 0.6 is 18.5 Å². The fourth-order valence-corrected chi connectivity index (χ4v) is 3.45. The highest BCUT2D eigenvalue weighted by Gasteiger charge is 2.22. The first kappa shape index (κ1) is 13.3. The van der Waals surface area contributed by atoms with Crippen molar-refractivity contribution < 1.29 is 17.6 Å². The Balaban J connectivity index is 2.51. The predicted molar refractivity (Wildman–Crippen MR) is 64.8 cm³/mol. The van der Waals surface area contributed by atoms with Gasteiger partial charge in [-0.1, -0.05) is 23.4 Å². The van der Waals surface area contributed by atoms with Crippen LogP contribution in [-0.4, -0.2) is 0 Å². The van der Waals surface area contributed by atoms with Crippen LogP contribution < -0.4 is 10.6 Å². The van der Waals surface area contributed by atoms with Crippen LogP contribution in [0.4, 0.5) is 17.6 Å². The van der Waals surface area contributed by atoms with E-state index in [-0.39, 0.29) is 10.6 Å². The minimum Gasteiger partial charge on any atom is -0.204 e. The Labute approximate surface area is 107 Å². The second-order valence-corrected chi connectivity index (χ2v) is 5.97. The van der Waals surface area contributed by atoms with Crippen LogP contribution in [0, 0.1) is 23.3 Å². The standard InChI is InChI=1S/C12H6ClF4P/c13-18(9-5-1-3-7(14)11(9)16)10-6-2-4-8(15)12(10)17/h1-6H. The van der Waals surface area contributed by atoms with E-state index in [2.05, 4.69) is 0 Å². The molecule has 0 fully saturated rings. The van der Waals surface area contributed by atoms with Gasteiger partial charge in [0.2, 0.25) is 0 Å². The van der Waals surface area contributed by atoms with E-state index in [0.29, 0.717) is 0 Å². The molecule has 0 aliphatic rings. The molecule has 0 unspecified atom stereocenters. The normalized spacial score (nSPS) is 11.0. The van der Waals surface area contributed by atoms with Gasteiger partial charge in [-0.3, -0.25) is 0 Å². The zero-order valence-electron chi connectivity index (χ0n) is 8.80. The Morgan fingerprint density at radius 1 is 0.722 bits per heavy atom. The lowest BCUT2D eigenvalue weighted by Crippen LogP contribution is -2.16. The lowest BCUT2D eigenvalue weighted by atomic mass is 10.3. The number of rotatable bonds is 2. The van der Waals surface area contributed by atoms with Crippen LogP contribution in [0.25, 0.3) is 0 Å². The van der Waals surface area contributed by atoms with Crippen molar-refractivity contribution in [3.63, 3.8) is 0 Å². The summed E-state index contributed by atoms with van der Waals surface area (Å²) in [5, 5.41) is -0.340. The van der Waals surface area contributed by atoms with E-state index in [0.717, 1.165) is 12.1 Å². The van der Waals surface area contributed by atoms with Gasteiger partial charge in [-0.25, -0.2) is 17.6 Å². The molecule has 0 atom stereocenters. The van der Waals surface area contributed by atoms with Crippen molar-refractivity contribution in [2.24, 2.45) is 0 Å². The van der Waals surface area contributed by atoms with Gasteiger partial charge in [0.05, 0.1) is 7.27 Å². The third-order valence-electron chi connectivity index (χ3n) is 2.29. The fraction of sp³-hybridized carbons (Fsp3) is 0. The molecule has 0 amide bonds. The molecular weight excluding hydrogens is 287 g/mol.